The number of thiazole rings is 1. The van der Waals surface area contributed by atoms with Crippen LogP contribution in [0.3, 0.4) is 0 Å². The SMILES string of the molecule is COC(=O)Cc1csc(NC(=O)c2cnc(Cl)cn2)n1. The molecule has 0 atom stereocenters. The number of nitrogens with one attached hydrogen (secondary N) is 1. The summed E-state index contributed by atoms with van der Waals surface area (Å²) in [5.74, 6) is -0.843. The number of hydrogen-bond acceptors (Lipinski definition) is 7. The molecule has 0 aliphatic rings. The molecule has 2 aromatic heterocycles. The molecule has 0 radical (unpaired) electrons. The van der Waals surface area contributed by atoms with Gasteiger partial charge in [0.1, 0.15) is 10.8 Å². The van der Waals surface area contributed by atoms with E-state index >= 15 is 0 Å². The van der Waals surface area contributed by atoms with Crippen LogP contribution in [0.25, 0.3) is 0 Å². The molecule has 2 aromatic rings. The van der Waals surface area contributed by atoms with E-state index in [2.05, 4.69) is 25.0 Å². The van der Waals surface area contributed by atoms with Crippen molar-refractivity contribution in [3.63, 3.8) is 0 Å². The van der Waals surface area contributed by atoms with Crippen molar-refractivity contribution < 1.29 is 14.3 Å². The van der Waals surface area contributed by atoms with Gasteiger partial charge in [-0.3, -0.25) is 14.9 Å². The van der Waals surface area contributed by atoms with Gasteiger partial charge in [-0.05, 0) is 0 Å². The van der Waals surface area contributed by atoms with Crippen LogP contribution >= 0.6 is 22.9 Å². The fourth-order valence-corrected chi connectivity index (χ4v) is 2.06. The van der Waals surface area contributed by atoms with Gasteiger partial charge >= 0.3 is 5.97 Å². The highest BCUT2D eigenvalue weighted by molar-refractivity contribution is 7.14. The minimum atomic E-state index is -0.451. The summed E-state index contributed by atoms with van der Waals surface area (Å²) in [6.45, 7) is 0. The quantitative estimate of drug-likeness (QED) is 0.861. The van der Waals surface area contributed by atoms with Crippen LogP contribution in [0.4, 0.5) is 5.13 Å². The minimum Gasteiger partial charge on any atom is -0.469 e. The Morgan fingerprint density at radius 2 is 2.20 bits per heavy atom. The zero-order valence-corrected chi connectivity index (χ0v) is 11.9. The number of carbonyl (C=O) groups is 2. The van der Waals surface area contributed by atoms with E-state index in [0.29, 0.717) is 10.8 Å². The van der Waals surface area contributed by atoms with Crippen molar-refractivity contribution in [1.82, 2.24) is 15.0 Å². The summed E-state index contributed by atoms with van der Waals surface area (Å²) < 4.78 is 4.53. The Balaban J connectivity index is 2.01. The number of esters is 1. The first-order chi connectivity index (χ1) is 9.58. The lowest BCUT2D eigenvalue weighted by molar-refractivity contribution is -0.139. The molecule has 0 aliphatic heterocycles. The number of rotatable bonds is 4. The number of aromatic nitrogens is 3. The van der Waals surface area contributed by atoms with Gasteiger partial charge in [0.05, 0.1) is 31.6 Å². The van der Waals surface area contributed by atoms with E-state index in [1.54, 1.807) is 5.38 Å². The predicted molar refractivity (Wildman–Crippen MR) is 72.8 cm³/mol. The minimum absolute atomic E-state index is 0.0591. The Morgan fingerprint density at radius 3 is 2.85 bits per heavy atom. The van der Waals surface area contributed by atoms with E-state index in [0.717, 1.165) is 0 Å². The maximum Gasteiger partial charge on any atom is 0.311 e. The summed E-state index contributed by atoms with van der Waals surface area (Å²) in [7, 11) is 1.30. The zero-order valence-electron chi connectivity index (χ0n) is 10.3. The molecule has 7 nitrogen and oxygen atoms in total. The van der Waals surface area contributed by atoms with E-state index in [1.807, 2.05) is 0 Å². The molecule has 0 aliphatic carbocycles. The van der Waals surface area contributed by atoms with Crippen molar-refractivity contribution in [3.05, 3.63) is 34.3 Å². The van der Waals surface area contributed by atoms with Gasteiger partial charge in [0, 0.05) is 5.38 Å². The van der Waals surface area contributed by atoms with Crippen molar-refractivity contribution in [3.8, 4) is 0 Å². The normalized spacial score (nSPS) is 10.1. The van der Waals surface area contributed by atoms with Crippen molar-refractivity contribution in [2.24, 2.45) is 0 Å². The molecule has 1 amide bonds. The molecular formula is C11H9ClN4O3S. The zero-order chi connectivity index (χ0) is 14.5. The third-order valence-corrected chi connectivity index (χ3v) is 3.18. The Bertz CT molecular complexity index is 629. The summed E-state index contributed by atoms with van der Waals surface area (Å²) in [5, 5.41) is 4.80. The highest BCUT2D eigenvalue weighted by atomic mass is 35.5. The van der Waals surface area contributed by atoms with Crippen molar-refractivity contribution in [2.45, 2.75) is 6.42 Å². The molecule has 2 rings (SSSR count). The topological polar surface area (TPSA) is 94.1 Å². The fourth-order valence-electron chi connectivity index (χ4n) is 1.26. The molecule has 0 spiro atoms. The van der Waals surface area contributed by atoms with Crippen molar-refractivity contribution in [1.29, 1.82) is 0 Å². The molecule has 0 bridgehead atoms. The number of hydrogen-bond donors (Lipinski definition) is 1. The van der Waals surface area contributed by atoms with Gasteiger partial charge in [-0.15, -0.1) is 11.3 Å². The van der Waals surface area contributed by atoms with E-state index < -0.39 is 11.9 Å². The lowest BCUT2D eigenvalue weighted by Crippen LogP contribution is -2.14. The monoisotopic (exact) mass is 312 g/mol. The van der Waals surface area contributed by atoms with E-state index in [4.69, 9.17) is 11.6 Å². The second-order valence-corrected chi connectivity index (χ2v) is 4.82. The van der Waals surface area contributed by atoms with Gasteiger partial charge in [0.15, 0.2) is 5.13 Å². The van der Waals surface area contributed by atoms with Crippen LogP contribution in [0.5, 0.6) is 0 Å². The first kappa shape index (κ1) is 14.4. The highest BCUT2D eigenvalue weighted by Gasteiger charge is 2.12. The molecule has 104 valence electrons. The van der Waals surface area contributed by atoms with E-state index in [9.17, 15) is 9.59 Å². The number of halogens is 1. The van der Waals surface area contributed by atoms with Crippen LogP contribution in [0.1, 0.15) is 16.2 Å². The van der Waals surface area contributed by atoms with Crippen LogP contribution < -0.4 is 5.32 Å². The fraction of sp³-hybridized carbons (Fsp3) is 0.182. The summed E-state index contributed by atoms with van der Waals surface area (Å²) >= 11 is 6.79. The number of anilines is 1. The molecule has 0 saturated carbocycles. The summed E-state index contributed by atoms with van der Waals surface area (Å²) in [4.78, 5) is 34.6. The van der Waals surface area contributed by atoms with Gasteiger partial charge in [0.25, 0.3) is 5.91 Å². The summed E-state index contributed by atoms with van der Waals surface area (Å²) in [6, 6.07) is 0. The third-order valence-electron chi connectivity index (χ3n) is 2.18. The van der Waals surface area contributed by atoms with Crippen molar-refractivity contribution in [2.75, 3.05) is 12.4 Å². The molecular weight excluding hydrogens is 304 g/mol. The second kappa shape index (κ2) is 6.40. The Labute approximate surface area is 123 Å². The van der Waals surface area contributed by atoms with Crippen LogP contribution in [0.15, 0.2) is 17.8 Å². The number of amides is 1. The maximum atomic E-state index is 11.8. The average molecular weight is 313 g/mol. The lowest BCUT2D eigenvalue weighted by atomic mass is 10.3. The number of methoxy groups -OCH3 is 1. The Hall–Kier alpha value is -2.06. The van der Waals surface area contributed by atoms with Gasteiger partial charge in [-0.25, -0.2) is 15.0 Å². The molecule has 1 N–H and O–H groups in total. The summed E-state index contributed by atoms with van der Waals surface area (Å²) in [6.07, 6.45) is 2.60. The molecule has 0 aromatic carbocycles. The number of ether oxygens (including phenoxy) is 1. The van der Waals surface area contributed by atoms with Crippen LogP contribution in [-0.2, 0) is 16.0 Å². The second-order valence-electron chi connectivity index (χ2n) is 3.58. The largest absolute Gasteiger partial charge is 0.469 e. The Kier molecular flexibility index (Phi) is 4.59. The van der Waals surface area contributed by atoms with Gasteiger partial charge in [-0.2, -0.15) is 0 Å². The highest BCUT2D eigenvalue weighted by Crippen LogP contribution is 2.16. The molecule has 0 saturated heterocycles. The lowest BCUT2D eigenvalue weighted by Gasteiger charge is -2.00. The third kappa shape index (κ3) is 3.72. The van der Waals surface area contributed by atoms with Gasteiger partial charge < -0.3 is 4.74 Å². The maximum absolute atomic E-state index is 11.8. The van der Waals surface area contributed by atoms with Crippen LogP contribution in [0, 0.1) is 0 Å². The van der Waals surface area contributed by atoms with E-state index in [-0.39, 0.29) is 17.3 Å². The average Bonchev–Trinajstić information content (AvgIpc) is 2.86. The number of nitrogens with zero attached hydrogens (tertiary/aromatic N) is 3. The molecule has 0 fully saturated rings. The first-order valence-electron chi connectivity index (χ1n) is 5.38. The summed E-state index contributed by atoms with van der Waals surface area (Å²) in [5.41, 5.74) is 0.651. The van der Waals surface area contributed by atoms with Crippen LogP contribution in [0.2, 0.25) is 5.15 Å². The van der Waals surface area contributed by atoms with Gasteiger partial charge in [0.2, 0.25) is 0 Å². The molecule has 0 unspecified atom stereocenters. The Morgan fingerprint density at radius 1 is 1.40 bits per heavy atom. The predicted octanol–water partition coefficient (Wildman–Crippen LogP) is 1.55. The van der Waals surface area contributed by atoms with Crippen LogP contribution in [-0.4, -0.2) is 33.9 Å². The standard InChI is InChI=1S/C11H9ClN4O3S/c1-19-9(17)2-6-5-20-11(15-6)16-10(18)7-3-14-8(12)4-13-7/h3-5H,2H2,1H3,(H,15,16,18). The van der Waals surface area contributed by atoms with Crippen molar-refractivity contribution >= 4 is 39.9 Å². The molecule has 2 heterocycles. The van der Waals surface area contributed by atoms with Gasteiger partial charge in [-0.1, -0.05) is 11.6 Å². The molecule has 9 heteroatoms. The van der Waals surface area contributed by atoms with E-state index in [1.165, 1.54) is 30.8 Å². The molecule has 20 heavy (non-hydrogen) atoms. The number of carbonyl (C=O) groups excluding carboxylic acids is 2. The smallest absolute Gasteiger partial charge is 0.311 e. The first-order valence-corrected chi connectivity index (χ1v) is 6.64.